The number of azo groups is 1. The lowest BCUT2D eigenvalue weighted by Gasteiger charge is -2.01. The molecule has 3 aromatic rings. The number of rotatable bonds is 4. The van der Waals surface area contributed by atoms with E-state index in [4.69, 9.17) is 4.74 Å². The summed E-state index contributed by atoms with van der Waals surface area (Å²) in [7, 11) is 1.34. The molecule has 0 radical (unpaired) electrons. The smallest absolute Gasteiger partial charge is 0.311 e. The molecule has 0 unspecified atom stereocenters. The van der Waals surface area contributed by atoms with Crippen LogP contribution in [0.2, 0.25) is 0 Å². The van der Waals surface area contributed by atoms with Crippen LogP contribution in [-0.2, 0) is 16.0 Å². The van der Waals surface area contributed by atoms with E-state index >= 15 is 0 Å². The van der Waals surface area contributed by atoms with Crippen molar-refractivity contribution >= 4 is 23.1 Å². The van der Waals surface area contributed by atoms with Crippen LogP contribution in [0.25, 0.3) is 5.65 Å². The molecular weight excluding hydrogens is 320 g/mol. The van der Waals surface area contributed by atoms with E-state index in [1.807, 2.05) is 32.2 Å². The van der Waals surface area contributed by atoms with Gasteiger partial charge in [-0.15, -0.1) is 10.2 Å². The van der Waals surface area contributed by atoms with Crippen molar-refractivity contribution in [2.24, 2.45) is 10.2 Å². The molecule has 0 saturated heterocycles. The van der Waals surface area contributed by atoms with E-state index in [9.17, 15) is 9.90 Å². The third-order valence-corrected chi connectivity index (χ3v) is 3.86. The first-order chi connectivity index (χ1) is 12.0. The highest BCUT2D eigenvalue weighted by Crippen LogP contribution is 2.28. The summed E-state index contributed by atoms with van der Waals surface area (Å²) in [5.74, 6) is 0.267. The van der Waals surface area contributed by atoms with Crippen LogP contribution in [-0.4, -0.2) is 27.6 Å². The van der Waals surface area contributed by atoms with Crippen molar-refractivity contribution in [3.05, 3.63) is 53.3 Å². The molecule has 25 heavy (non-hydrogen) atoms. The molecule has 128 valence electrons. The molecule has 0 fully saturated rings. The van der Waals surface area contributed by atoms with Crippen molar-refractivity contribution in [3.8, 4) is 5.75 Å². The van der Waals surface area contributed by atoms with Crippen LogP contribution in [0.3, 0.4) is 0 Å². The Balaban J connectivity index is 2.09. The van der Waals surface area contributed by atoms with E-state index in [0.29, 0.717) is 17.2 Å². The van der Waals surface area contributed by atoms with Crippen LogP contribution in [0, 0.1) is 13.8 Å². The Kier molecular flexibility index (Phi) is 4.47. The van der Waals surface area contributed by atoms with Crippen molar-refractivity contribution in [2.45, 2.75) is 20.3 Å². The molecule has 7 heteroatoms. The number of aromatic nitrogens is 2. The first-order valence-electron chi connectivity index (χ1n) is 7.74. The second-order valence-corrected chi connectivity index (χ2v) is 5.69. The zero-order valence-electron chi connectivity index (χ0n) is 14.2. The minimum Gasteiger partial charge on any atom is -0.508 e. The number of aromatic hydroxyl groups is 1. The van der Waals surface area contributed by atoms with Gasteiger partial charge >= 0.3 is 5.97 Å². The van der Waals surface area contributed by atoms with Gasteiger partial charge in [0.2, 0.25) is 0 Å². The van der Waals surface area contributed by atoms with Gasteiger partial charge in [-0.25, -0.2) is 4.98 Å². The number of benzene rings is 1. The number of carbonyl (C=O) groups excluding carboxylic acids is 1. The molecule has 0 spiro atoms. The molecule has 0 aliphatic carbocycles. The molecular formula is C18H18N4O3. The molecule has 0 amide bonds. The van der Waals surface area contributed by atoms with Gasteiger partial charge in [-0.2, -0.15) is 0 Å². The van der Waals surface area contributed by atoms with Crippen LogP contribution in [0.5, 0.6) is 5.75 Å². The number of ether oxygens (including phenoxy) is 1. The number of imidazole rings is 1. The highest BCUT2D eigenvalue weighted by atomic mass is 16.5. The number of phenols is 1. The third kappa shape index (κ3) is 3.35. The van der Waals surface area contributed by atoms with Crippen molar-refractivity contribution in [1.82, 2.24) is 9.38 Å². The van der Waals surface area contributed by atoms with Gasteiger partial charge in [0.05, 0.1) is 24.9 Å². The number of esters is 1. The molecule has 0 aliphatic heterocycles. The van der Waals surface area contributed by atoms with Gasteiger partial charge in [-0.05, 0) is 49.2 Å². The molecule has 0 atom stereocenters. The Morgan fingerprint density at radius 1 is 1.24 bits per heavy atom. The lowest BCUT2D eigenvalue weighted by Crippen LogP contribution is -2.04. The van der Waals surface area contributed by atoms with Crippen LogP contribution < -0.4 is 0 Å². The monoisotopic (exact) mass is 338 g/mol. The first-order valence-corrected chi connectivity index (χ1v) is 7.74. The summed E-state index contributed by atoms with van der Waals surface area (Å²) in [6, 6.07) is 8.67. The number of aryl methyl sites for hydroxylation is 2. The fourth-order valence-corrected chi connectivity index (χ4v) is 2.52. The molecule has 0 saturated carbocycles. The third-order valence-electron chi connectivity index (χ3n) is 3.86. The van der Waals surface area contributed by atoms with Gasteiger partial charge in [0, 0.05) is 6.20 Å². The van der Waals surface area contributed by atoms with Gasteiger partial charge < -0.3 is 9.84 Å². The SMILES string of the molecule is COC(=O)Cc1nc2c(C)cccn2c1N=Nc1ccc(O)cc1C. The summed E-state index contributed by atoms with van der Waals surface area (Å²) >= 11 is 0. The highest BCUT2D eigenvalue weighted by molar-refractivity contribution is 5.74. The van der Waals surface area contributed by atoms with Gasteiger partial charge in [0.15, 0.2) is 5.82 Å². The van der Waals surface area contributed by atoms with Gasteiger partial charge in [-0.3, -0.25) is 9.20 Å². The predicted octanol–water partition coefficient (Wildman–Crippen LogP) is 3.79. The van der Waals surface area contributed by atoms with Gasteiger partial charge in [0.25, 0.3) is 0 Å². The van der Waals surface area contributed by atoms with Crippen LogP contribution >= 0.6 is 0 Å². The van der Waals surface area contributed by atoms with E-state index < -0.39 is 5.97 Å². The number of phenolic OH excluding ortho intramolecular Hbond substituents is 1. The largest absolute Gasteiger partial charge is 0.508 e. The van der Waals surface area contributed by atoms with E-state index in [-0.39, 0.29) is 12.2 Å². The zero-order chi connectivity index (χ0) is 18.0. The standard InChI is InChI=1S/C18H18N4O3/c1-11-5-4-8-22-17(11)19-15(10-16(24)25-3)18(22)21-20-14-7-6-13(23)9-12(14)2/h4-9,23H,10H2,1-3H3. The average Bonchev–Trinajstić information content (AvgIpc) is 2.93. The van der Waals surface area contributed by atoms with E-state index in [1.54, 1.807) is 22.6 Å². The number of pyridine rings is 1. The summed E-state index contributed by atoms with van der Waals surface area (Å²) in [4.78, 5) is 16.2. The summed E-state index contributed by atoms with van der Waals surface area (Å²) in [5.41, 5.74) is 3.61. The second-order valence-electron chi connectivity index (χ2n) is 5.69. The molecule has 2 aromatic heterocycles. The lowest BCUT2D eigenvalue weighted by atomic mass is 10.2. The summed E-state index contributed by atoms with van der Waals surface area (Å²) < 4.78 is 6.54. The van der Waals surface area contributed by atoms with Crippen LogP contribution in [0.15, 0.2) is 46.8 Å². The minimum atomic E-state index is -0.390. The molecule has 0 aliphatic rings. The Bertz CT molecular complexity index is 976. The van der Waals surface area contributed by atoms with Crippen LogP contribution in [0.1, 0.15) is 16.8 Å². The summed E-state index contributed by atoms with van der Waals surface area (Å²) in [6.45, 7) is 3.78. The molecule has 3 rings (SSSR count). The Morgan fingerprint density at radius 2 is 2.04 bits per heavy atom. The molecule has 7 nitrogen and oxygen atoms in total. The maximum absolute atomic E-state index is 11.7. The maximum atomic E-state index is 11.7. The lowest BCUT2D eigenvalue weighted by molar-refractivity contribution is -0.139. The Morgan fingerprint density at radius 3 is 2.76 bits per heavy atom. The van der Waals surface area contributed by atoms with Crippen LogP contribution in [0.4, 0.5) is 11.5 Å². The number of hydrogen-bond acceptors (Lipinski definition) is 6. The number of methoxy groups -OCH3 is 1. The number of carbonyl (C=O) groups is 1. The normalized spacial score (nSPS) is 11.3. The number of hydrogen-bond donors (Lipinski definition) is 1. The van der Waals surface area contributed by atoms with E-state index in [0.717, 1.165) is 16.8 Å². The molecule has 2 heterocycles. The molecule has 1 aromatic carbocycles. The van der Waals surface area contributed by atoms with E-state index in [2.05, 4.69) is 15.2 Å². The van der Waals surface area contributed by atoms with Crippen molar-refractivity contribution < 1.29 is 14.6 Å². The minimum absolute atomic E-state index is 0.0144. The molecule has 1 N–H and O–H groups in total. The van der Waals surface area contributed by atoms with Crippen molar-refractivity contribution in [3.63, 3.8) is 0 Å². The Hall–Kier alpha value is -3.22. The zero-order valence-corrected chi connectivity index (χ0v) is 14.2. The molecule has 0 bridgehead atoms. The highest BCUT2D eigenvalue weighted by Gasteiger charge is 2.17. The number of nitrogens with zero attached hydrogens (tertiary/aromatic N) is 4. The predicted molar refractivity (Wildman–Crippen MR) is 92.7 cm³/mol. The average molecular weight is 338 g/mol. The summed E-state index contributed by atoms with van der Waals surface area (Å²) in [5, 5.41) is 18.1. The summed E-state index contributed by atoms with van der Waals surface area (Å²) in [6.07, 6.45) is 1.84. The second kappa shape index (κ2) is 6.72. The van der Waals surface area contributed by atoms with Crippen molar-refractivity contribution in [1.29, 1.82) is 0 Å². The van der Waals surface area contributed by atoms with Gasteiger partial charge in [-0.1, -0.05) is 6.07 Å². The van der Waals surface area contributed by atoms with E-state index in [1.165, 1.54) is 7.11 Å². The maximum Gasteiger partial charge on any atom is 0.311 e. The van der Waals surface area contributed by atoms with Crippen molar-refractivity contribution in [2.75, 3.05) is 7.11 Å². The topological polar surface area (TPSA) is 88.5 Å². The quantitative estimate of drug-likeness (QED) is 0.579. The van der Waals surface area contributed by atoms with Gasteiger partial charge in [0.1, 0.15) is 11.4 Å². The number of fused-ring (bicyclic) bond motifs is 1. The Labute approximate surface area is 144 Å². The first kappa shape index (κ1) is 16.6. The fourth-order valence-electron chi connectivity index (χ4n) is 2.52. The fraction of sp³-hybridized carbons (Fsp3) is 0.222.